The first-order valence-electron chi connectivity index (χ1n) is 21.2. The third-order valence-corrected chi connectivity index (χ3v) is 13.6. The van der Waals surface area contributed by atoms with Gasteiger partial charge in [-0.15, -0.1) is 11.3 Å². The highest BCUT2D eigenvalue weighted by Gasteiger charge is 2.22. The minimum Gasteiger partial charge on any atom is -0.278 e. The van der Waals surface area contributed by atoms with Crippen molar-refractivity contribution in [2.75, 3.05) is 0 Å². The molecule has 0 N–H and O–H groups in total. The lowest BCUT2D eigenvalue weighted by atomic mass is 10.0. The smallest absolute Gasteiger partial charge is 0.240 e. The molecular formula is C57H35N5S. The molecule has 0 aliphatic carbocycles. The molecular weight excluding hydrogens is 787 g/mol. The molecule has 294 valence electrons. The molecule has 0 fully saturated rings. The average molecular weight is 822 g/mol. The van der Waals surface area contributed by atoms with Gasteiger partial charge in [-0.3, -0.25) is 9.13 Å². The number of fused-ring (bicyclic) bond motifs is 9. The highest BCUT2D eigenvalue weighted by molar-refractivity contribution is 7.25. The summed E-state index contributed by atoms with van der Waals surface area (Å²) >= 11 is 1.84. The predicted molar refractivity (Wildman–Crippen MR) is 263 cm³/mol. The van der Waals surface area contributed by atoms with E-state index in [9.17, 15) is 0 Å². The highest BCUT2D eigenvalue weighted by Crippen LogP contribution is 2.39. The Morgan fingerprint density at radius 2 is 0.683 bits per heavy atom. The lowest BCUT2D eigenvalue weighted by Gasteiger charge is -2.13. The van der Waals surface area contributed by atoms with Crippen LogP contribution in [0.4, 0.5) is 0 Å². The van der Waals surface area contributed by atoms with Crippen molar-refractivity contribution < 1.29 is 0 Å². The Morgan fingerprint density at radius 1 is 0.270 bits per heavy atom. The molecule has 0 spiro atoms. The molecule has 0 aliphatic heterocycles. The first-order chi connectivity index (χ1) is 31.2. The van der Waals surface area contributed by atoms with Crippen LogP contribution in [0.1, 0.15) is 0 Å². The van der Waals surface area contributed by atoms with Crippen LogP contribution in [0.3, 0.4) is 0 Å². The Hall–Kier alpha value is -8.19. The maximum atomic E-state index is 5.47. The van der Waals surface area contributed by atoms with Gasteiger partial charge in [0.05, 0.1) is 22.1 Å². The SMILES string of the molecule is c1ccc(-c2ccc3c4ccc(-c5ccccc5)cc4n(-c4nc(-c5ccc(-c6ccc7sc8ccccc8c7c6)cc5)nc(-n5c6ccccc6c6ccccc65)n4)c3c2)cc1. The zero-order valence-electron chi connectivity index (χ0n) is 33.9. The van der Waals surface area contributed by atoms with E-state index in [0.717, 1.165) is 77.0 Å². The van der Waals surface area contributed by atoms with Gasteiger partial charge in [-0.1, -0.05) is 170 Å². The standard InChI is InChI=1S/C57H35N5S/c1-3-13-36(14-4-1)41-27-30-45-46-31-28-42(37-15-5-2-6-16-37)35-52(46)62(51(45)34-41)57-59-55(58-56(60-57)61-49-20-10-7-17-43(49)44-18-8-11-21-50(44)61)39-25-23-38(24-26-39)40-29-32-54-48(33-40)47-19-9-12-22-53(47)63-54/h1-35H. The molecule has 0 bridgehead atoms. The number of hydrogen-bond donors (Lipinski definition) is 0. The summed E-state index contributed by atoms with van der Waals surface area (Å²) < 4.78 is 7.03. The van der Waals surface area contributed by atoms with Crippen LogP contribution in [0.15, 0.2) is 212 Å². The molecule has 13 aromatic rings. The van der Waals surface area contributed by atoms with Gasteiger partial charge in [0.2, 0.25) is 11.9 Å². The van der Waals surface area contributed by atoms with Crippen molar-refractivity contribution in [2.24, 2.45) is 0 Å². The number of nitrogens with zero attached hydrogens (tertiary/aromatic N) is 5. The lowest BCUT2D eigenvalue weighted by Crippen LogP contribution is -2.10. The van der Waals surface area contributed by atoms with E-state index in [4.69, 9.17) is 15.0 Å². The largest absolute Gasteiger partial charge is 0.278 e. The molecule has 6 heteroatoms. The summed E-state index contributed by atoms with van der Waals surface area (Å²) in [5.41, 5.74) is 11.9. The Kier molecular flexibility index (Phi) is 8.01. The van der Waals surface area contributed by atoms with Crippen molar-refractivity contribution in [2.45, 2.75) is 0 Å². The topological polar surface area (TPSA) is 48.5 Å². The van der Waals surface area contributed by atoms with Gasteiger partial charge in [0.1, 0.15) is 0 Å². The Labute approximate surface area is 366 Å². The molecule has 0 saturated carbocycles. The number of rotatable bonds is 6. The molecule has 4 heterocycles. The minimum absolute atomic E-state index is 0.547. The van der Waals surface area contributed by atoms with Gasteiger partial charge in [0.25, 0.3) is 0 Å². The maximum absolute atomic E-state index is 5.47. The second-order valence-electron chi connectivity index (χ2n) is 16.0. The molecule has 4 aromatic heterocycles. The van der Waals surface area contributed by atoms with Gasteiger partial charge in [0.15, 0.2) is 5.82 Å². The van der Waals surface area contributed by atoms with E-state index in [0.29, 0.717) is 17.7 Å². The van der Waals surface area contributed by atoms with E-state index >= 15 is 0 Å². The van der Waals surface area contributed by atoms with E-state index in [1.165, 1.54) is 25.7 Å². The van der Waals surface area contributed by atoms with Crippen LogP contribution in [-0.4, -0.2) is 24.1 Å². The summed E-state index contributed by atoms with van der Waals surface area (Å²) in [5.74, 6) is 1.70. The molecule has 0 saturated heterocycles. The van der Waals surface area contributed by atoms with Crippen LogP contribution in [0.25, 0.3) is 120 Å². The van der Waals surface area contributed by atoms with Gasteiger partial charge in [-0.2, -0.15) is 15.0 Å². The minimum atomic E-state index is 0.547. The monoisotopic (exact) mass is 821 g/mol. The van der Waals surface area contributed by atoms with E-state index in [-0.39, 0.29) is 0 Å². The zero-order chi connectivity index (χ0) is 41.4. The molecule has 0 aliphatic rings. The van der Waals surface area contributed by atoms with Gasteiger partial charge in [-0.05, 0) is 75.8 Å². The fourth-order valence-corrected chi connectivity index (χ4v) is 10.5. The molecule has 0 radical (unpaired) electrons. The molecule has 63 heavy (non-hydrogen) atoms. The van der Waals surface area contributed by atoms with Crippen molar-refractivity contribution in [3.8, 4) is 56.7 Å². The van der Waals surface area contributed by atoms with E-state index < -0.39 is 0 Å². The Morgan fingerprint density at radius 3 is 1.29 bits per heavy atom. The lowest BCUT2D eigenvalue weighted by molar-refractivity contribution is 0.893. The zero-order valence-corrected chi connectivity index (χ0v) is 34.7. The fraction of sp³-hybridized carbons (Fsp3) is 0. The van der Waals surface area contributed by atoms with Gasteiger partial charge < -0.3 is 0 Å². The molecule has 0 unspecified atom stereocenters. The van der Waals surface area contributed by atoms with Crippen molar-refractivity contribution in [3.05, 3.63) is 212 Å². The van der Waals surface area contributed by atoms with E-state index in [1.807, 2.05) is 11.3 Å². The molecule has 13 rings (SSSR count). The fourth-order valence-electron chi connectivity index (χ4n) is 9.39. The second-order valence-corrected chi connectivity index (χ2v) is 17.1. The Bertz CT molecular complexity index is 3750. The molecule has 5 nitrogen and oxygen atoms in total. The average Bonchev–Trinajstić information content (AvgIpc) is 4.01. The van der Waals surface area contributed by atoms with Crippen LogP contribution < -0.4 is 0 Å². The van der Waals surface area contributed by atoms with Crippen LogP contribution in [0, 0.1) is 0 Å². The normalized spacial score (nSPS) is 11.8. The first-order valence-corrected chi connectivity index (χ1v) is 22.0. The van der Waals surface area contributed by atoms with Crippen molar-refractivity contribution in [1.82, 2.24) is 24.1 Å². The first kappa shape index (κ1) is 35.6. The quantitative estimate of drug-likeness (QED) is 0.168. The third kappa shape index (κ3) is 5.80. The molecule has 0 atom stereocenters. The number of hydrogen-bond acceptors (Lipinski definition) is 4. The third-order valence-electron chi connectivity index (χ3n) is 12.4. The number of aromatic nitrogens is 5. The maximum Gasteiger partial charge on any atom is 0.240 e. The van der Waals surface area contributed by atoms with Crippen LogP contribution in [0.5, 0.6) is 0 Å². The number of para-hydroxylation sites is 2. The van der Waals surface area contributed by atoms with Crippen LogP contribution in [-0.2, 0) is 0 Å². The van der Waals surface area contributed by atoms with Crippen LogP contribution in [0.2, 0.25) is 0 Å². The van der Waals surface area contributed by atoms with Gasteiger partial charge in [-0.25, -0.2) is 0 Å². The van der Waals surface area contributed by atoms with Gasteiger partial charge in [0, 0.05) is 47.3 Å². The van der Waals surface area contributed by atoms with Crippen molar-refractivity contribution >= 4 is 75.1 Å². The molecule has 0 amide bonds. The van der Waals surface area contributed by atoms with E-state index in [2.05, 4.69) is 221 Å². The summed E-state index contributed by atoms with van der Waals surface area (Å²) in [6, 6.07) is 75.7. The predicted octanol–water partition coefficient (Wildman–Crippen LogP) is 15.1. The van der Waals surface area contributed by atoms with Gasteiger partial charge >= 0.3 is 0 Å². The second kappa shape index (κ2) is 14.2. The molecule has 9 aromatic carbocycles. The summed E-state index contributed by atoms with van der Waals surface area (Å²) in [6.45, 7) is 0. The van der Waals surface area contributed by atoms with E-state index in [1.54, 1.807) is 0 Å². The Balaban J connectivity index is 1.06. The summed E-state index contributed by atoms with van der Waals surface area (Å²) in [7, 11) is 0. The van der Waals surface area contributed by atoms with Crippen LogP contribution >= 0.6 is 11.3 Å². The summed E-state index contributed by atoms with van der Waals surface area (Å²) in [6.07, 6.45) is 0. The highest BCUT2D eigenvalue weighted by atomic mass is 32.1. The number of benzene rings is 9. The summed E-state index contributed by atoms with van der Waals surface area (Å²) in [5, 5.41) is 7.13. The number of thiophene rings is 1. The van der Waals surface area contributed by atoms with Crippen molar-refractivity contribution in [3.63, 3.8) is 0 Å². The van der Waals surface area contributed by atoms with Crippen molar-refractivity contribution in [1.29, 1.82) is 0 Å². The summed E-state index contributed by atoms with van der Waals surface area (Å²) in [4.78, 5) is 16.2.